The van der Waals surface area contributed by atoms with Crippen LogP contribution in [0.4, 0.5) is 0 Å². The number of aromatic nitrogens is 3. The van der Waals surface area contributed by atoms with Crippen molar-refractivity contribution < 1.29 is 19.1 Å². The maximum Gasteiger partial charge on any atom is 0.357 e. The quantitative estimate of drug-likeness (QED) is 0.195. The van der Waals surface area contributed by atoms with Crippen molar-refractivity contribution in [2.75, 3.05) is 6.61 Å². The van der Waals surface area contributed by atoms with Gasteiger partial charge in [0.25, 0.3) is 0 Å². The largest absolute Gasteiger partial charge is 0.416 e. The van der Waals surface area contributed by atoms with E-state index in [1.54, 1.807) is 42.8 Å². The number of carbonyl (C=O) groups excluding carboxylic acids is 2. The van der Waals surface area contributed by atoms with Crippen molar-refractivity contribution in [3.05, 3.63) is 77.4 Å². The Morgan fingerprint density at radius 1 is 1.15 bits per heavy atom. The number of nitrogens with two attached hydrogens (primary N) is 1. The Kier molecular flexibility index (Phi) is 7.19. The molecule has 0 aliphatic carbocycles. The maximum absolute atomic E-state index is 13.3. The van der Waals surface area contributed by atoms with E-state index in [9.17, 15) is 9.59 Å². The highest BCUT2D eigenvalue weighted by Gasteiger charge is 2.49. The van der Waals surface area contributed by atoms with Crippen LogP contribution in [0.3, 0.4) is 0 Å². The predicted molar refractivity (Wildman–Crippen MR) is 120 cm³/mol. The third kappa shape index (κ3) is 5.24. The van der Waals surface area contributed by atoms with Crippen LogP contribution in [0, 0.1) is 12.3 Å². The Labute approximate surface area is 191 Å². The van der Waals surface area contributed by atoms with Crippen LogP contribution in [0.5, 0.6) is 0 Å². The zero-order chi connectivity index (χ0) is 24.0. The molecule has 3 rings (SSSR count). The number of amidine groups is 1. The highest BCUT2D eigenvalue weighted by Crippen LogP contribution is 2.27. The number of rotatable bonds is 9. The molecule has 0 fully saturated rings. The number of hydrogen-bond donors (Lipinski definition) is 3. The Balaban J connectivity index is 1.94. The third-order valence-electron chi connectivity index (χ3n) is 4.72. The topological polar surface area (TPSA) is 145 Å². The molecule has 1 heterocycles. The number of carbonyl (C=O) groups is 2. The Morgan fingerprint density at radius 2 is 1.82 bits per heavy atom. The minimum atomic E-state index is -2.16. The second kappa shape index (κ2) is 10.0. The number of nitrogens with one attached hydrogen (secondary N) is 2. The SMILES string of the molecule is CCO[C@@](OC(C)=O)(C(=O)NCc1ccc(C(=N)N)cc1)c1nc(C)n(-c2ccccc2)n1. The van der Waals surface area contributed by atoms with Gasteiger partial charge in [0.05, 0.1) is 5.69 Å². The molecule has 0 aliphatic rings. The minimum absolute atomic E-state index is 0.0498. The van der Waals surface area contributed by atoms with Crippen molar-refractivity contribution in [1.29, 1.82) is 5.41 Å². The van der Waals surface area contributed by atoms with Crippen molar-refractivity contribution in [3.63, 3.8) is 0 Å². The number of amides is 1. The van der Waals surface area contributed by atoms with E-state index in [1.165, 1.54) is 6.92 Å². The van der Waals surface area contributed by atoms with Gasteiger partial charge in [0.15, 0.2) is 0 Å². The van der Waals surface area contributed by atoms with Crippen molar-refractivity contribution >= 4 is 17.7 Å². The van der Waals surface area contributed by atoms with Crippen LogP contribution in [0.25, 0.3) is 5.69 Å². The number of para-hydroxylation sites is 1. The molecule has 0 unspecified atom stereocenters. The van der Waals surface area contributed by atoms with Gasteiger partial charge in [-0.3, -0.25) is 15.0 Å². The molecular formula is C23H26N6O4. The fourth-order valence-corrected chi connectivity index (χ4v) is 3.20. The second-order valence-electron chi connectivity index (χ2n) is 7.17. The van der Waals surface area contributed by atoms with E-state index < -0.39 is 17.7 Å². The summed E-state index contributed by atoms with van der Waals surface area (Å²) in [6.45, 7) is 4.76. The highest BCUT2D eigenvalue weighted by atomic mass is 16.7. The summed E-state index contributed by atoms with van der Waals surface area (Å²) in [5.41, 5.74) is 7.53. The Bertz CT molecular complexity index is 1140. The first-order chi connectivity index (χ1) is 15.8. The number of aryl methyl sites for hydroxylation is 1. The van der Waals surface area contributed by atoms with E-state index >= 15 is 0 Å². The van der Waals surface area contributed by atoms with Gasteiger partial charge >= 0.3 is 17.7 Å². The van der Waals surface area contributed by atoms with E-state index in [-0.39, 0.29) is 24.8 Å². The average Bonchev–Trinajstić information content (AvgIpc) is 3.19. The van der Waals surface area contributed by atoms with Crippen LogP contribution >= 0.6 is 0 Å². The molecule has 172 valence electrons. The monoisotopic (exact) mass is 450 g/mol. The zero-order valence-electron chi connectivity index (χ0n) is 18.7. The molecule has 2 aromatic carbocycles. The van der Waals surface area contributed by atoms with Crippen LogP contribution in [0.1, 0.15) is 36.6 Å². The summed E-state index contributed by atoms with van der Waals surface area (Å²) in [6, 6.07) is 16.1. The lowest BCUT2D eigenvalue weighted by atomic mass is 10.1. The number of nitrogens with zero attached hydrogens (tertiary/aromatic N) is 3. The molecule has 0 saturated carbocycles. The minimum Gasteiger partial charge on any atom is -0.416 e. The molecule has 1 aromatic heterocycles. The average molecular weight is 450 g/mol. The van der Waals surface area contributed by atoms with Crippen molar-refractivity contribution in [2.24, 2.45) is 5.73 Å². The maximum atomic E-state index is 13.3. The van der Waals surface area contributed by atoms with E-state index in [1.807, 2.05) is 30.3 Å². The van der Waals surface area contributed by atoms with E-state index in [0.717, 1.165) is 11.3 Å². The summed E-state index contributed by atoms with van der Waals surface area (Å²) in [5, 5.41) is 14.6. The fraction of sp³-hybridized carbons (Fsp3) is 0.261. The van der Waals surface area contributed by atoms with Crippen LogP contribution in [-0.2, 0) is 31.4 Å². The van der Waals surface area contributed by atoms with E-state index in [4.69, 9.17) is 20.6 Å². The Hall–Kier alpha value is -4.05. The molecule has 4 N–H and O–H groups in total. The standard InChI is InChI=1S/C23H26N6O4/c1-4-32-23(33-16(3)30,21-27-15(2)29(28-21)19-8-6-5-7-9-19)22(31)26-14-17-10-12-18(13-11-17)20(24)25/h5-13H,4,14H2,1-3H3,(H3,24,25)(H,26,31)/t23-/m0/s1. The van der Waals surface area contributed by atoms with Gasteiger partial charge in [-0.2, -0.15) is 0 Å². The summed E-state index contributed by atoms with van der Waals surface area (Å²) in [5.74, 6) is -3.26. The van der Waals surface area contributed by atoms with Gasteiger partial charge in [0.2, 0.25) is 5.82 Å². The number of nitrogen functional groups attached to an aromatic ring is 1. The molecule has 3 aromatic rings. The summed E-state index contributed by atoms with van der Waals surface area (Å²) >= 11 is 0. The lowest BCUT2D eigenvalue weighted by molar-refractivity contribution is -0.234. The fourth-order valence-electron chi connectivity index (χ4n) is 3.20. The summed E-state index contributed by atoms with van der Waals surface area (Å²) in [4.78, 5) is 29.7. The first-order valence-electron chi connectivity index (χ1n) is 10.3. The summed E-state index contributed by atoms with van der Waals surface area (Å²) in [7, 11) is 0. The van der Waals surface area contributed by atoms with Gasteiger partial charge in [-0.1, -0.05) is 42.5 Å². The van der Waals surface area contributed by atoms with Gasteiger partial charge < -0.3 is 20.5 Å². The molecule has 0 radical (unpaired) electrons. The predicted octanol–water partition coefficient (Wildman–Crippen LogP) is 1.93. The number of hydrogen-bond acceptors (Lipinski definition) is 7. The molecule has 10 nitrogen and oxygen atoms in total. The van der Waals surface area contributed by atoms with Crippen molar-refractivity contribution in [2.45, 2.75) is 33.1 Å². The lowest BCUT2D eigenvalue weighted by Gasteiger charge is -2.28. The van der Waals surface area contributed by atoms with Gasteiger partial charge in [-0.15, -0.1) is 5.10 Å². The van der Waals surface area contributed by atoms with E-state index in [0.29, 0.717) is 11.4 Å². The van der Waals surface area contributed by atoms with Crippen LogP contribution in [0.15, 0.2) is 54.6 Å². The molecule has 0 aliphatic heterocycles. The molecule has 1 atom stereocenters. The van der Waals surface area contributed by atoms with Crippen molar-refractivity contribution in [3.8, 4) is 5.69 Å². The number of ether oxygens (including phenoxy) is 2. The summed E-state index contributed by atoms with van der Waals surface area (Å²) < 4.78 is 12.6. The lowest BCUT2D eigenvalue weighted by Crippen LogP contribution is -2.50. The second-order valence-corrected chi connectivity index (χ2v) is 7.17. The molecule has 0 bridgehead atoms. The van der Waals surface area contributed by atoms with E-state index in [2.05, 4.69) is 15.4 Å². The smallest absolute Gasteiger partial charge is 0.357 e. The molecule has 0 saturated heterocycles. The zero-order valence-corrected chi connectivity index (χ0v) is 18.7. The third-order valence-corrected chi connectivity index (χ3v) is 4.72. The first kappa shape index (κ1) is 23.6. The molecular weight excluding hydrogens is 424 g/mol. The van der Waals surface area contributed by atoms with Crippen LogP contribution < -0.4 is 11.1 Å². The van der Waals surface area contributed by atoms with Crippen molar-refractivity contribution in [1.82, 2.24) is 20.1 Å². The van der Waals surface area contributed by atoms with Gasteiger partial charge in [-0.05, 0) is 31.5 Å². The van der Waals surface area contributed by atoms with Crippen LogP contribution in [-0.4, -0.2) is 39.1 Å². The van der Waals surface area contributed by atoms with Gasteiger partial charge in [0, 0.05) is 25.6 Å². The molecule has 0 spiro atoms. The molecule has 1 amide bonds. The molecule has 33 heavy (non-hydrogen) atoms. The number of esters is 1. The summed E-state index contributed by atoms with van der Waals surface area (Å²) in [6.07, 6.45) is 0. The van der Waals surface area contributed by atoms with Crippen LogP contribution in [0.2, 0.25) is 0 Å². The highest BCUT2D eigenvalue weighted by molar-refractivity contribution is 5.94. The Morgan fingerprint density at radius 3 is 2.39 bits per heavy atom. The van der Waals surface area contributed by atoms with Gasteiger partial charge in [0.1, 0.15) is 11.7 Å². The number of benzene rings is 2. The normalized spacial score (nSPS) is 12.6. The van der Waals surface area contributed by atoms with Gasteiger partial charge in [-0.25, -0.2) is 9.67 Å². The first-order valence-corrected chi connectivity index (χ1v) is 10.3. The molecule has 10 heteroatoms.